The second kappa shape index (κ2) is 7.58. The van der Waals surface area contributed by atoms with Gasteiger partial charge in [-0.25, -0.2) is 4.79 Å². The number of carbonyl (C=O) groups is 1. The summed E-state index contributed by atoms with van der Waals surface area (Å²) in [5, 5.41) is 8.86. The molecule has 1 aromatic carbocycles. The van der Waals surface area contributed by atoms with Gasteiger partial charge in [0.15, 0.2) is 0 Å². The van der Waals surface area contributed by atoms with Crippen molar-refractivity contribution in [2.75, 3.05) is 0 Å². The molecule has 3 heteroatoms. The highest BCUT2D eigenvalue weighted by molar-refractivity contribution is 5.87. The van der Waals surface area contributed by atoms with Crippen molar-refractivity contribution in [1.29, 1.82) is 0 Å². The van der Waals surface area contributed by atoms with Crippen LogP contribution in [-0.2, 0) is 6.42 Å². The second-order valence-electron chi connectivity index (χ2n) is 5.24. The zero-order valence-corrected chi connectivity index (χ0v) is 12.4. The van der Waals surface area contributed by atoms with Crippen LogP contribution in [-0.4, -0.2) is 16.1 Å². The van der Waals surface area contributed by atoms with Crippen LogP contribution in [0.5, 0.6) is 0 Å². The Morgan fingerprint density at radius 2 is 1.81 bits per heavy atom. The quantitative estimate of drug-likeness (QED) is 0.757. The van der Waals surface area contributed by atoms with E-state index >= 15 is 0 Å². The Labute approximate surface area is 125 Å². The van der Waals surface area contributed by atoms with Gasteiger partial charge < -0.3 is 5.11 Å². The molecule has 2 rings (SSSR count). The summed E-state index contributed by atoms with van der Waals surface area (Å²) in [4.78, 5) is 15.0. The van der Waals surface area contributed by atoms with Gasteiger partial charge in [0.25, 0.3) is 0 Å². The van der Waals surface area contributed by atoms with Crippen LogP contribution in [0.1, 0.15) is 48.5 Å². The van der Waals surface area contributed by atoms with Crippen molar-refractivity contribution in [2.24, 2.45) is 0 Å². The number of nitrogens with zero attached hydrogens (tertiary/aromatic N) is 1. The van der Waals surface area contributed by atoms with E-state index in [-0.39, 0.29) is 5.56 Å². The SMILES string of the molecule is CCCCCCc1ccc(-c2ccc(C(=O)O)cn2)cc1. The number of aromatic nitrogens is 1. The molecule has 1 N–H and O–H groups in total. The van der Waals surface area contributed by atoms with Crippen LogP contribution < -0.4 is 0 Å². The van der Waals surface area contributed by atoms with Gasteiger partial charge in [-0.3, -0.25) is 4.98 Å². The molecule has 2 aromatic rings. The first-order valence-corrected chi connectivity index (χ1v) is 7.49. The second-order valence-corrected chi connectivity index (χ2v) is 5.24. The fraction of sp³-hybridized carbons (Fsp3) is 0.333. The van der Waals surface area contributed by atoms with Gasteiger partial charge in [0.2, 0.25) is 0 Å². The molecule has 1 heterocycles. The van der Waals surface area contributed by atoms with E-state index in [2.05, 4.69) is 36.2 Å². The molecule has 0 bridgehead atoms. The van der Waals surface area contributed by atoms with Crippen LogP contribution >= 0.6 is 0 Å². The Morgan fingerprint density at radius 3 is 2.38 bits per heavy atom. The highest BCUT2D eigenvalue weighted by Gasteiger charge is 2.04. The van der Waals surface area contributed by atoms with Crippen molar-refractivity contribution in [3.63, 3.8) is 0 Å². The van der Waals surface area contributed by atoms with E-state index in [9.17, 15) is 4.79 Å². The number of aryl methyl sites for hydroxylation is 1. The summed E-state index contributed by atoms with van der Waals surface area (Å²) in [7, 11) is 0. The van der Waals surface area contributed by atoms with Gasteiger partial charge in [-0.05, 0) is 30.5 Å². The van der Waals surface area contributed by atoms with Gasteiger partial charge in [0.05, 0.1) is 11.3 Å². The van der Waals surface area contributed by atoms with Crippen molar-refractivity contribution in [3.05, 3.63) is 53.7 Å². The molecule has 0 fully saturated rings. The Morgan fingerprint density at radius 1 is 1.05 bits per heavy atom. The number of hydrogen-bond acceptors (Lipinski definition) is 2. The third-order valence-electron chi connectivity index (χ3n) is 3.58. The Hall–Kier alpha value is -2.16. The van der Waals surface area contributed by atoms with E-state index in [1.807, 2.05) is 0 Å². The van der Waals surface area contributed by atoms with Crippen LogP contribution in [0.3, 0.4) is 0 Å². The monoisotopic (exact) mass is 283 g/mol. The predicted octanol–water partition coefficient (Wildman–Crippen LogP) is 4.57. The number of hydrogen-bond donors (Lipinski definition) is 1. The molecule has 0 unspecified atom stereocenters. The third-order valence-corrected chi connectivity index (χ3v) is 3.58. The first-order chi connectivity index (χ1) is 10.2. The number of pyridine rings is 1. The Balaban J connectivity index is 1.99. The molecule has 21 heavy (non-hydrogen) atoms. The number of rotatable bonds is 7. The summed E-state index contributed by atoms with van der Waals surface area (Å²) in [5.41, 5.74) is 3.38. The van der Waals surface area contributed by atoms with Gasteiger partial charge in [0, 0.05) is 11.8 Å². The molecule has 0 saturated heterocycles. The van der Waals surface area contributed by atoms with Crippen LogP contribution in [0.2, 0.25) is 0 Å². The fourth-order valence-corrected chi connectivity index (χ4v) is 2.29. The summed E-state index contributed by atoms with van der Waals surface area (Å²) < 4.78 is 0. The first kappa shape index (κ1) is 15.2. The van der Waals surface area contributed by atoms with E-state index in [0.29, 0.717) is 0 Å². The van der Waals surface area contributed by atoms with Crippen LogP contribution in [0, 0.1) is 0 Å². The maximum atomic E-state index is 10.8. The Bertz CT molecular complexity index is 573. The molecular weight excluding hydrogens is 262 g/mol. The van der Waals surface area contributed by atoms with Crippen molar-refractivity contribution in [2.45, 2.75) is 39.0 Å². The van der Waals surface area contributed by atoms with E-state index in [0.717, 1.165) is 17.7 Å². The van der Waals surface area contributed by atoms with E-state index in [1.165, 1.54) is 37.4 Å². The summed E-state index contributed by atoms with van der Waals surface area (Å²) in [5.74, 6) is -0.948. The summed E-state index contributed by atoms with van der Waals surface area (Å²) in [6, 6.07) is 11.7. The molecule has 0 atom stereocenters. The molecule has 0 aliphatic heterocycles. The molecule has 0 spiro atoms. The maximum absolute atomic E-state index is 10.8. The molecule has 0 aliphatic carbocycles. The first-order valence-electron chi connectivity index (χ1n) is 7.49. The van der Waals surface area contributed by atoms with Gasteiger partial charge in [-0.15, -0.1) is 0 Å². The van der Waals surface area contributed by atoms with E-state index < -0.39 is 5.97 Å². The highest BCUT2D eigenvalue weighted by atomic mass is 16.4. The molecule has 0 radical (unpaired) electrons. The molecule has 0 saturated carbocycles. The van der Waals surface area contributed by atoms with Crippen molar-refractivity contribution >= 4 is 5.97 Å². The van der Waals surface area contributed by atoms with E-state index in [4.69, 9.17) is 5.11 Å². The third kappa shape index (κ3) is 4.42. The minimum atomic E-state index is -0.948. The zero-order chi connectivity index (χ0) is 15.1. The van der Waals surface area contributed by atoms with Crippen molar-refractivity contribution in [1.82, 2.24) is 4.98 Å². The summed E-state index contributed by atoms with van der Waals surface area (Å²) >= 11 is 0. The average Bonchev–Trinajstić information content (AvgIpc) is 2.52. The van der Waals surface area contributed by atoms with E-state index in [1.54, 1.807) is 12.1 Å². The highest BCUT2D eigenvalue weighted by Crippen LogP contribution is 2.19. The van der Waals surface area contributed by atoms with Crippen LogP contribution in [0.25, 0.3) is 11.3 Å². The van der Waals surface area contributed by atoms with Gasteiger partial charge in [-0.1, -0.05) is 50.5 Å². The lowest BCUT2D eigenvalue weighted by Crippen LogP contribution is -1.97. The number of aromatic carboxylic acids is 1. The van der Waals surface area contributed by atoms with Crippen LogP contribution in [0.15, 0.2) is 42.6 Å². The molecule has 1 aromatic heterocycles. The number of unbranched alkanes of at least 4 members (excludes halogenated alkanes) is 3. The minimum Gasteiger partial charge on any atom is -0.478 e. The molecular formula is C18H21NO2. The molecule has 110 valence electrons. The normalized spacial score (nSPS) is 10.5. The van der Waals surface area contributed by atoms with Gasteiger partial charge in [-0.2, -0.15) is 0 Å². The van der Waals surface area contributed by atoms with Crippen molar-refractivity contribution in [3.8, 4) is 11.3 Å². The lowest BCUT2D eigenvalue weighted by molar-refractivity contribution is 0.0696. The number of benzene rings is 1. The lowest BCUT2D eigenvalue weighted by atomic mass is 10.0. The maximum Gasteiger partial charge on any atom is 0.337 e. The van der Waals surface area contributed by atoms with Crippen molar-refractivity contribution < 1.29 is 9.90 Å². The van der Waals surface area contributed by atoms with Gasteiger partial charge in [0.1, 0.15) is 0 Å². The molecule has 0 aliphatic rings. The largest absolute Gasteiger partial charge is 0.478 e. The topological polar surface area (TPSA) is 50.2 Å². The smallest absolute Gasteiger partial charge is 0.337 e. The van der Waals surface area contributed by atoms with Gasteiger partial charge >= 0.3 is 5.97 Å². The fourth-order valence-electron chi connectivity index (χ4n) is 2.29. The summed E-state index contributed by atoms with van der Waals surface area (Å²) in [6.45, 7) is 2.22. The minimum absolute atomic E-state index is 0.214. The zero-order valence-electron chi connectivity index (χ0n) is 12.4. The summed E-state index contributed by atoms with van der Waals surface area (Å²) in [6.07, 6.45) is 7.60. The lowest BCUT2D eigenvalue weighted by Gasteiger charge is -2.04. The number of carboxylic acids is 1. The standard InChI is InChI=1S/C18H21NO2/c1-2-3-4-5-6-14-7-9-15(10-8-14)17-12-11-16(13-19-17)18(20)21/h7-13H,2-6H2,1H3,(H,20,21). The predicted molar refractivity (Wildman–Crippen MR) is 84.5 cm³/mol. The molecule has 0 amide bonds. The number of carboxylic acid groups (broad SMARTS) is 1. The van der Waals surface area contributed by atoms with Crippen LogP contribution in [0.4, 0.5) is 0 Å². The average molecular weight is 283 g/mol. The molecule has 3 nitrogen and oxygen atoms in total. The Kier molecular flexibility index (Phi) is 5.50.